The third kappa shape index (κ3) is 3.65. The number of carbonyl (C=O) groups is 1. The maximum absolute atomic E-state index is 14.0. The van der Waals surface area contributed by atoms with E-state index in [1.165, 1.54) is 12.1 Å². The summed E-state index contributed by atoms with van der Waals surface area (Å²) >= 11 is 0.959. The molecule has 2 aromatic rings. The second-order valence-corrected chi connectivity index (χ2v) is 6.00. The van der Waals surface area contributed by atoms with Crippen LogP contribution >= 0.6 is 11.8 Å². The number of rotatable bonds is 2. The van der Waals surface area contributed by atoms with E-state index in [1.54, 1.807) is 0 Å². The molecular formula is C16H9F5N2OS. The van der Waals surface area contributed by atoms with Gasteiger partial charge in [-0.15, -0.1) is 0 Å². The number of carbonyl (C=O) groups excluding carboxylic acids is 1. The van der Waals surface area contributed by atoms with E-state index in [0.717, 1.165) is 40.9 Å². The Hall–Kier alpha value is -2.42. The van der Waals surface area contributed by atoms with E-state index in [-0.39, 0.29) is 22.3 Å². The summed E-state index contributed by atoms with van der Waals surface area (Å²) < 4.78 is 65.3. The first-order valence-electron chi connectivity index (χ1n) is 6.92. The molecule has 0 aromatic heterocycles. The van der Waals surface area contributed by atoms with Gasteiger partial charge in [-0.2, -0.15) is 13.2 Å². The van der Waals surface area contributed by atoms with E-state index < -0.39 is 29.3 Å². The number of benzene rings is 2. The van der Waals surface area contributed by atoms with E-state index in [1.807, 2.05) is 0 Å². The minimum Gasteiger partial charge on any atom is -0.273 e. The van der Waals surface area contributed by atoms with Crippen LogP contribution in [0.4, 0.5) is 33.3 Å². The first kappa shape index (κ1) is 17.4. The van der Waals surface area contributed by atoms with Crippen LogP contribution in [0.25, 0.3) is 0 Å². The van der Waals surface area contributed by atoms with Crippen molar-refractivity contribution in [1.82, 2.24) is 0 Å². The molecule has 1 amide bonds. The molecule has 1 fully saturated rings. The summed E-state index contributed by atoms with van der Waals surface area (Å²) in [6, 6.07) is 6.93. The molecular weight excluding hydrogens is 363 g/mol. The molecule has 0 radical (unpaired) electrons. The third-order valence-corrected chi connectivity index (χ3v) is 4.24. The lowest BCUT2D eigenvalue weighted by Crippen LogP contribution is -2.30. The molecule has 0 spiro atoms. The number of amides is 1. The maximum atomic E-state index is 14.0. The number of thioether (sulfide) groups is 1. The SMILES string of the molecule is O=C1CSC(=Nc2cccc(C(F)(F)F)c2)N1c1ccc(F)cc1F. The monoisotopic (exact) mass is 372 g/mol. The molecule has 0 atom stereocenters. The fourth-order valence-electron chi connectivity index (χ4n) is 2.21. The molecule has 1 saturated heterocycles. The van der Waals surface area contributed by atoms with E-state index in [4.69, 9.17) is 0 Å². The van der Waals surface area contributed by atoms with Crippen LogP contribution in [-0.2, 0) is 11.0 Å². The summed E-state index contributed by atoms with van der Waals surface area (Å²) in [4.78, 5) is 17.0. The van der Waals surface area contributed by atoms with Gasteiger partial charge >= 0.3 is 6.18 Å². The van der Waals surface area contributed by atoms with Crippen LogP contribution in [0.1, 0.15) is 5.56 Å². The van der Waals surface area contributed by atoms with Gasteiger partial charge in [-0.05, 0) is 30.3 Å². The zero-order valence-corrected chi connectivity index (χ0v) is 13.2. The number of amidine groups is 1. The fraction of sp³-hybridized carbons (Fsp3) is 0.125. The summed E-state index contributed by atoms with van der Waals surface area (Å²) in [5.41, 5.74) is -1.12. The molecule has 3 rings (SSSR count). The molecule has 1 heterocycles. The lowest BCUT2D eigenvalue weighted by molar-refractivity contribution is -0.137. The highest BCUT2D eigenvalue weighted by Crippen LogP contribution is 2.34. The molecule has 1 aliphatic rings. The molecule has 3 nitrogen and oxygen atoms in total. The number of nitrogens with zero attached hydrogens (tertiary/aromatic N) is 2. The Labute approximate surface area is 143 Å². The number of aliphatic imine (C=N–C) groups is 1. The number of halogens is 5. The van der Waals surface area contributed by atoms with Gasteiger partial charge in [-0.1, -0.05) is 17.8 Å². The molecule has 1 aliphatic heterocycles. The van der Waals surface area contributed by atoms with Gasteiger partial charge in [0, 0.05) is 6.07 Å². The lowest BCUT2D eigenvalue weighted by Gasteiger charge is -2.17. The zero-order valence-electron chi connectivity index (χ0n) is 12.3. The largest absolute Gasteiger partial charge is 0.416 e. The van der Waals surface area contributed by atoms with Crippen molar-refractivity contribution in [2.24, 2.45) is 4.99 Å². The van der Waals surface area contributed by atoms with Crippen molar-refractivity contribution in [2.45, 2.75) is 6.18 Å². The first-order chi connectivity index (χ1) is 11.8. The Morgan fingerprint density at radius 1 is 1.08 bits per heavy atom. The van der Waals surface area contributed by atoms with Crippen LogP contribution in [0.2, 0.25) is 0 Å². The quantitative estimate of drug-likeness (QED) is 0.713. The van der Waals surface area contributed by atoms with Crippen molar-refractivity contribution in [3.63, 3.8) is 0 Å². The Bertz CT molecular complexity index is 866. The molecule has 0 N–H and O–H groups in total. The number of hydrogen-bond donors (Lipinski definition) is 0. The van der Waals surface area contributed by atoms with Crippen molar-refractivity contribution in [3.8, 4) is 0 Å². The predicted molar refractivity (Wildman–Crippen MR) is 84.8 cm³/mol. The average molecular weight is 372 g/mol. The van der Waals surface area contributed by atoms with Gasteiger partial charge < -0.3 is 0 Å². The second-order valence-electron chi connectivity index (χ2n) is 5.06. The van der Waals surface area contributed by atoms with E-state index in [2.05, 4.69) is 4.99 Å². The Morgan fingerprint density at radius 2 is 1.84 bits per heavy atom. The standard InChI is InChI=1S/C16H9F5N2OS/c17-10-4-5-13(12(18)7-10)23-14(24)8-25-15(23)22-11-3-1-2-9(6-11)16(19,20)21/h1-7H,8H2. The number of hydrogen-bond acceptors (Lipinski definition) is 3. The average Bonchev–Trinajstić information content (AvgIpc) is 2.88. The molecule has 0 unspecified atom stereocenters. The van der Waals surface area contributed by atoms with Crippen LogP contribution in [0.15, 0.2) is 47.5 Å². The van der Waals surface area contributed by atoms with Crippen LogP contribution in [0.3, 0.4) is 0 Å². The van der Waals surface area contributed by atoms with Crippen LogP contribution in [0.5, 0.6) is 0 Å². The molecule has 2 aromatic carbocycles. The maximum Gasteiger partial charge on any atom is 0.416 e. The van der Waals surface area contributed by atoms with Crippen LogP contribution in [-0.4, -0.2) is 16.8 Å². The Morgan fingerprint density at radius 3 is 2.52 bits per heavy atom. The Balaban J connectivity index is 2.01. The van der Waals surface area contributed by atoms with Gasteiger partial charge in [0.25, 0.3) is 0 Å². The van der Waals surface area contributed by atoms with Crippen molar-refractivity contribution in [1.29, 1.82) is 0 Å². The van der Waals surface area contributed by atoms with Gasteiger partial charge in [-0.3, -0.25) is 9.69 Å². The smallest absolute Gasteiger partial charge is 0.273 e. The third-order valence-electron chi connectivity index (χ3n) is 3.31. The Kier molecular flexibility index (Phi) is 4.51. The van der Waals surface area contributed by atoms with Gasteiger partial charge in [0.05, 0.1) is 22.7 Å². The molecule has 25 heavy (non-hydrogen) atoms. The minimum absolute atomic E-state index is 0.0230. The summed E-state index contributed by atoms with van der Waals surface area (Å²) in [6.07, 6.45) is -4.53. The van der Waals surface area contributed by atoms with Crippen LogP contribution < -0.4 is 4.90 Å². The summed E-state index contributed by atoms with van der Waals surface area (Å²) in [5, 5.41) is 0.0230. The van der Waals surface area contributed by atoms with Crippen molar-refractivity contribution < 1.29 is 26.7 Å². The highest BCUT2D eigenvalue weighted by molar-refractivity contribution is 8.15. The van der Waals surface area contributed by atoms with Gasteiger partial charge in [0.1, 0.15) is 11.6 Å². The highest BCUT2D eigenvalue weighted by Gasteiger charge is 2.33. The van der Waals surface area contributed by atoms with Crippen LogP contribution in [0, 0.1) is 11.6 Å². The van der Waals surface area contributed by atoms with Gasteiger partial charge in [-0.25, -0.2) is 13.8 Å². The minimum atomic E-state index is -4.53. The summed E-state index contributed by atoms with van der Waals surface area (Å²) in [7, 11) is 0. The van der Waals surface area contributed by atoms with Gasteiger partial charge in [0.2, 0.25) is 5.91 Å². The molecule has 130 valence electrons. The number of anilines is 1. The fourth-order valence-corrected chi connectivity index (χ4v) is 3.09. The molecule has 0 aliphatic carbocycles. The second kappa shape index (κ2) is 6.47. The molecule has 0 bridgehead atoms. The van der Waals surface area contributed by atoms with Crippen molar-refractivity contribution in [3.05, 3.63) is 59.7 Å². The highest BCUT2D eigenvalue weighted by atomic mass is 32.2. The molecule has 0 saturated carbocycles. The van der Waals surface area contributed by atoms with Gasteiger partial charge in [0.15, 0.2) is 5.17 Å². The topological polar surface area (TPSA) is 32.7 Å². The van der Waals surface area contributed by atoms with E-state index >= 15 is 0 Å². The first-order valence-corrected chi connectivity index (χ1v) is 7.91. The van der Waals surface area contributed by atoms with E-state index in [0.29, 0.717) is 6.07 Å². The summed E-state index contributed by atoms with van der Waals surface area (Å²) in [5.74, 6) is -2.32. The summed E-state index contributed by atoms with van der Waals surface area (Å²) in [6.45, 7) is 0. The molecule has 9 heteroatoms. The van der Waals surface area contributed by atoms with Crippen molar-refractivity contribution >= 4 is 34.2 Å². The zero-order chi connectivity index (χ0) is 18.2. The van der Waals surface area contributed by atoms with E-state index in [9.17, 15) is 26.7 Å². The number of alkyl halides is 3. The normalized spacial score (nSPS) is 16.8. The predicted octanol–water partition coefficient (Wildman–Crippen LogP) is 4.75. The van der Waals surface area contributed by atoms with Crippen molar-refractivity contribution in [2.75, 3.05) is 10.7 Å². The lowest BCUT2D eigenvalue weighted by atomic mass is 10.2.